The minimum atomic E-state index is -0.717. The summed E-state index contributed by atoms with van der Waals surface area (Å²) < 4.78 is 0. The molecule has 4 nitrogen and oxygen atoms in total. The summed E-state index contributed by atoms with van der Waals surface area (Å²) in [6.07, 6.45) is 0. The van der Waals surface area contributed by atoms with Gasteiger partial charge in [0.25, 0.3) is 0 Å². The van der Waals surface area contributed by atoms with Gasteiger partial charge in [-0.05, 0) is 32.4 Å². The van der Waals surface area contributed by atoms with E-state index in [1.54, 1.807) is 11.9 Å². The highest BCUT2D eigenvalue weighted by Crippen LogP contribution is 2.36. The Morgan fingerprint density at radius 1 is 1.28 bits per heavy atom. The topological polar surface area (TPSA) is 49.4 Å². The van der Waals surface area contributed by atoms with Crippen LogP contribution in [0.5, 0.6) is 0 Å². The van der Waals surface area contributed by atoms with E-state index in [2.05, 4.69) is 5.32 Å². The van der Waals surface area contributed by atoms with Crippen molar-refractivity contribution in [3.8, 4) is 0 Å². The van der Waals surface area contributed by atoms with Crippen LogP contribution in [-0.4, -0.2) is 24.4 Å². The standard InChI is InChI=1S/C14H18N2O2/c1-14(2,3)15-12(17)11-9-7-5-6-8-10(9)16(4)13(11)18/h5-8,11H,1-4H3,(H,15,17). The highest BCUT2D eigenvalue weighted by Gasteiger charge is 2.40. The molecule has 1 aliphatic rings. The fourth-order valence-electron chi connectivity index (χ4n) is 2.18. The molecule has 18 heavy (non-hydrogen) atoms. The Labute approximate surface area is 107 Å². The Hall–Kier alpha value is -1.84. The van der Waals surface area contributed by atoms with Gasteiger partial charge in [0.05, 0.1) is 0 Å². The third-order valence-electron chi connectivity index (χ3n) is 2.95. The Balaban J connectivity index is 2.35. The van der Waals surface area contributed by atoms with Crippen molar-refractivity contribution < 1.29 is 9.59 Å². The minimum absolute atomic E-state index is 0.169. The van der Waals surface area contributed by atoms with Crippen LogP contribution in [-0.2, 0) is 9.59 Å². The molecule has 0 saturated heterocycles. The summed E-state index contributed by atoms with van der Waals surface area (Å²) in [6.45, 7) is 5.71. The van der Waals surface area contributed by atoms with E-state index in [-0.39, 0.29) is 17.4 Å². The van der Waals surface area contributed by atoms with Crippen molar-refractivity contribution in [3.05, 3.63) is 29.8 Å². The summed E-state index contributed by atoms with van der Waals surface area (Å²) in [7, 11) is 1.70. The van der Waals surface area contributed by atoms with Gasteiger partial charge in [-0.15, -0.1) is 0 Å². The van der Waals surface area contributed by atoms with E-state index in [0.29, 0.717) is 0 Å². The molecule has 96 valence electrons. The number of likely N-dealkylation sites (N-methyl/N-ethyl adjacent to an activating group) is 1. The van der Waals surface area contributed by atoms with Crippen molar-refractivity contribution in [3.63, 3.8) is 0 Å². The largest absolute Gasteiger partial charge is 0.351 e. The van der Waals surface area contributed by atoms with Crippen LogP contribution in [0.25, 0.3) is 0 Å². The molecular weight excluding hydrogens is 228 g/mol. The third kappa shape index (κ3) is 2.10. The molecule has 1 aromatic rings. The van der Waals surface area contributed by atoms with E-state index in [4.69, 9.17) is 0 Å². The number of amides is 2. The third-order valence-corrected chi connectivity index (χ3v) is 2.95. The fraction of sp³-hybridized carbons (Fsp3) is 0.429. The average Bonchev–Trinajstić information content (AvgIpc) is 2.50. The first-order chi connectivity index (χ1) is 8.31. The number of hydrogen-bond donors (Lipinski definition) is 1. The van der Waals surface area contributed by atoms with E-state index >= 15 is 0 Å². The van der Waals surface area contributed by atoms with Gasteiger partial charge in [-0.1, -0.05) is 18.2 Å². The average molecular weight is 246 g/mol. The lowest BCUT2D eigenvalue weighted by Crippen LogP contribution is -2.45. The van der Waals surface area contributed by atoms with Gasteiger partial charge in [0.1, 0.15) is 5.92 Å². The molecule has 1 atom stereocenters. The molecule has 0 aromatic heterocycles. The SMILES string of the molecule is CN1C(=O)C(C(=O)NC(C)(C)C)c2ccccc21. The number of anilines is 1. The molecule has 1 aromatic carbocycles. The molecule has 1 unspecified atom stereocenters. The van der Waals surface area contributed by atoms with Crippen LogP contribution in [0.3, 0.4) is 0 Å². The number of para-hydroxylation sites is 1. The molecule has 0 bridgehead atoms. The maximum absolute atomic E-state index is 12.2. The summed E-state index contributed by atoms with van der Waals surface area (Å²) in [5, 5.41) is 2.87. The van der Waals surface area contributed by atoms with Gasteiger partial charge in [0.2, 0.25) is 11.8 Å². The monoisotopic (exact) mass is 246 g/mol. The van der Waals surface area contributed by atoms with Gasteiger partial charge in [0, 0.05) is 18.3 Å². The number of fused-ring (bicyclic) bond motifs is 1. The van der Waals surface area contributed by atoms with Crippen molar-refractivity contribution in [2.75, 3.05) is 11.9 Å². The lowest BCUT2D eigenvalue weighted by Gasteiger charge is -2.22. The van der Waals surface area contributed by atoms with Crippen LogP contribution in [0.15, 0.2) is 24.3 Å². The Morgan fingerprint density at radius 2 is 1.89 bits per heavy atom. The van der Waals surface area contributed by atoms with Crippen LogP contribution in [0.4, 0.5) is 5.69 Å². The molecule has 1 N–H and O–H groups in total. The van der Waals surface area contributed by atoms with Gasteiger partial charge in [-0.3, -0.25) is 9.59 Å². The van der Waals surface area contributed by atoms with Gasteiger partial charge >= 0.3 is 0 Å². The van der Waals surface area contributed by atoms with Crippen molar-refractivity contribution in [1.29, 1.82) is 0 Å². The van der Waals surface area contributed by atoms with E-state index in [9.17, 15) is 9.59 Å². The number of rotatable bonds is 1. The minimum Gasteiger partial charge on any atom is -0.351 e. The summed E-state index contributed by atoms with van der Waals surface area (Å²) >= 11 is 0. The van der Waals surface area contributed by atoms with Crippen LogP contribution >= 0.6 is 0 Å². The van der Waals surface area contributed by atoms with Gasteiger partial charge in [-0.2, -0.15) is 0 Å². The number of benzene rings is 1. The summed E-state index contributed by atoms with van der Waals surface area (Å²) in [5.74, 6) is -1.12. The summed E-state index contributed by atoms with van der Waals surface area (Å²) in [6, 6.07) is 7.41. The first kappa shape index (κ1) is 12.6. The maximum Gasteiger partial charge on any atom is 0.243 e. The molecule has 1 aliphatic heterocycles. The predicted molar refractivity (Wildman–Crippen MR) is 70.5 cm³/mol. The zero-order valence-electron chi connectivity index (χ0n) is 11.2. The summed E-state index contributed by atoms with van der Waals surface area (Å²) in [5.41, 5.74) is 1.26. The predicted octanol–water partition coefficient (Wildman–Crippen LogP) is 1.66. The van der Waals surface area contributed by atoms with Crippen molar-refractivity contribution >= 4 is 17.5 Å². The highest BCUT2D eigenvalue weighted by atomic mass is 16.2. The van der Waals surface area contributed by atoms with E-state index in [1.807, 2.05) is 45.0 Å². The highest BCUT2D eigenvalue weighted by molar-refractivity contribution is 6.17. The molecule has 0 spiro atoms. The number of carbonyl (C=O) groups excluding carboxylic acids is 2. The molecule has 0 saturated carbocycles. The van der Waals surface area contributed by atoms with E-state index in [0.717, 1.165) is 11.3 Å². The first-order valence-electron chi connectivity index (χ1n) is 6.00. The van der Waals surface area contributed by atoms with Crippen molar-refractivity contribution in [2.24, 2.45) is 0 Å². The lowest BCUT2D eigenvalue weighted by atomic mass is 9.98. The molecule has 0 fully saturated rings. The molecular formula is C14H18N2O2. The van der Waals surface area contributed by atoms with Gasteiger partial charge < -0.3 is 10.2 Å². The summed E-state index contributed by atoms with van der Waals surface area (Å²) in [4.78, 5) is 25.9. The molecule has 1 heterocycles. The Morgan fingerprint density at radius 3 is 2.50 bits per heavy atom. The van der Waals surface area contributed by atoms with Crippen molar-refractivity contribution in [2.45, 2.75) is 32.2 Å². The van der Waals surface area contributed by atoms with Crippen LogP contribution in [0, 0.1) is 0 Å². The number of hydrogen-bond acceptors (Lipinski definition) is 2. The van der Waals surface area contributed by atoms with Crippen LogP contribution < -0.4 is 10.2 Å². The Bertz CT molecular complexity index is 503. The van der Waals surface area contributed by atoms with Crippen LogP contribution in [0.1, 0.15) is 32.3 Å². The van der Waals surface area contributed by atoms with Crippen LogP contribution in [0.2, 0.25) is 0 Å². The number of nitrogens with zero attached hydrogens (tertiary/aromatic N) is 1. The Kier molecular flexibility index (Phi) is 2.89. The molecule has 0 aliphatic carbocycles. The normalized spacial score (nSPS) is 18.8. The number of nitrogens with one attached hydrogen (secondary N) is 1. The molecule has 0 radical (unpaired) electrons. The number of carbonyl (C=O) groups is 2. The fourth-order valence-corrected chi connectivity index (χ4v) is 2.18. The van der Waals surface area contributed by atoms with Gasteiger partial charge in [-0.25, -0.2) is 0 Å². The zero-order chi connectivity index (χ0) is 13.5. The molecule has 2 amide bonds. The maximum atomic E-state index is 12.2. The first-order valence-corrected chi connectivity index (χ1v) is 6.00. The van der Waals surface area contributed by atoms with Crippen molar-refractivity contribution in [1.82, 2.24) is 5.32 Å². The van der Waals surface area contributed by atoms with E-state index in [1.165, 1.54) is 0 Å². The smallest absolute Gasteiger partial charge is 0.243 e. The second-order valence-electron chi connectivity index (χ2n) is 5.63. The lowest BCUT2D eigenvalue weighted by molar-refractivity contribution is -0.130. The molecule has 4 heteroatoms. The quantitative estimate of drug-likeness (QED) is 0.766. The second-order valence-corrected chi connectivity index (χ2v) is 5.63. The second kappa shape index (κ2) is 4.12. The zero-order valence-corrected chi connectivity index (χ0v) is 11.2. The van der Waals surface area contributed by atoms with Gasteiger partial charge in [0.15, 0.2) is 0 Å². The van der Waals surface area contributed by atoms with E-state index < -0.39 is 5.92 Å². The molecule has 2 rings (SSSR count).